The van der Waals surface area contributed by atoms with Gasteiger partial charge in [0.15, 0.2) is 0 Å². The standard InChI is InChI=1S/C24H29ClN2O4S/c1-30-23(29)24(22(28)17-31-20-9-8-18(25)16-21(20)32-24)10-5-11-26-12-14-27(15-13-26)19-6-3-2-4-7-19/h2-4,6-9,16,22,28H,5,10-15,17H2,1H3. The number of carbonyl (C=O) groups is 1. The fourth-order valence-corrected chi connectivity index (χ4v) is 6.01. The fraction of sp³-hybridized carbons (Fsp3) is 0.458. The molecule has 8 heteroatoms. The lowest BCUT2D eigenvalue weighted by molar-refractivity contribution is -0.147. The quantitative estimate of drug-likeness (QED) is 0.638. The number of methoxy groups -OCH3 is 1. The molecule has 0 bridgehead atoms. The number of anilines is 1. The fourth-order valence-electron chi connectivity index (χ4n) is 4.35. The first kappa shape index (κ1) is 23.2. The Morgan fingerprint density at radius 3 is 2.69 bits per heavy atom. The van der Waals surface area contributed by atoms with Crippen molar-refractivity contribution in [2.45, 2.75) is 28.6 Å². The van der Waals surface area contributed by atoms with E-state index in [2.05, 4.69) is 34.1 Å². The number of para-hydroxylation sites is 1. The number of carbonyl (C=O) groups excluding carboxylic acids is 1. The lowest BCUT2D eigenvalue weighted by Crippen LogP contribution is -2.50. The van der Waals surface area contributed by atoms with Crippen LogP contribution in [0.25, 0.3) is 0 Å². The van der Waals surface area contributed by atoms with E-state index in [1.807, 2.05) is 6.07 Å². The second-order valence-electron chi connectivity index (χ2n) is 8.17. The van der Waals surface area contributed by atoms with E-state index in [1.54, 1.807) is 18.2 Å². The molecule has 4 rings (SSSR count). The Morgan fingerprint density at radius 1 is 1.22 bits per heavy atom. The van der Waals surface area contributed by atoms with Crippen LogP contribution in [0.15, 0.2) is 53.4 Å². The van der Waals surface area contributed by atoms with Crippen molar-refractivity contribution in [3.63, 3.8) is 0 Å². The highest BCUT2D eigenvalue weighted by atomic mass is 35.5. The van der Waals surface area contributed by atoms with Crippen LogP contribution >= 0.6 is 23.4 Å². The Morgan fingerprint density at radius 2 is 1.97 bits per heavy atom. The minimum atomic E-state index is -1.13. The van der Waals surface area contributed by atoms with Crippen LogP contribution in [0, 0.1) is 0 Å². The van der Waals surface area contributed by atoms with Gasteiger partial charge in [-0.3, -0.25) is 9.69 Å². The number of thioether (sulfide) groups is 1. The molecule has 0 aliphatic carbocycles. The number of hydrogen-bond acceptors (Lipinski definition) is 7. The van der Waals surface area contributed by atoms with Gasteiger partial charge in [0.05, 0.1) is 12.0 Å². The Balaban J connectivity index is 1.40. The number of rotatable bonds is 6. The molecule has 32 heavy (non-hydrogen) atoms. The van der Waals surface area contributed by atoms with Crippen molar-refractivity contribution < 1.29 is 19.4 Å². The topological polar surface area (TPSA) is 62.2 Å². The van der Waals surface area contributed by atoms with Crippen LogP contribution in [0.5, 0.6) is 5.75 Å². The first-order chi connectivity index (χ1) is 15.5. The van der Waals surface area contributed by atoms with Crippen molar-refractivity contribution >= 4 is 35.0 Å². The number of ether oxygens (including phenoxy) is 2. The Labute approximate surface area is 198 Å². The predicted octanol–water partition coefficient (Wildman–Crippen LogP) is 3.70. The van der Waals surface area contributed by atoms with Crippen molar-refractivity contribution in [3.05, 3.63) is 53.6 Å². The van der Waals surface area contributed by atoms with E-state index in [-0.39, 0.29) is 6.61 Å². The number of piperazine rings is 1. The van der Waals surface area contributed by atoms with Gasteiger partial charge >= 0.3 is 5.97 Å². The summed E-state index contributed by atoms with van der Waals surface area (Å²) in [5.41, 5.74) is 1.26. The highest BCUT2D eigenvalue weighted by Gasteiger charge is 2.49. The lowest BCUT2D eigenvalue weighted by Gasteiger charge is -2.37. The summed E-state index contributed by atoms with van der Waals surface area (Å²) in [6.45, 7) is 4.78. The van der Waals surface area contributed by atoms with Crippen LogP contribution in [-0.2, 0) is 9.53 Å². The molecule has 0 radical (unpaired) electrons. The highest BCUT2D eigenvalue weighted by molar-refractivity contribution is 8.01. The zero-order valence-corrected chi connectivity index (χ0v) is 19.8. The third-order valence-corrected chi connectivity index (χ3v) is 7.96. The predicted molar refractivity (Wildman–Crippen MR) is 128 cm³/mol. The molecule has 2 aromatic carbocycles. The summed E-state index contributed by atoms with van der Waals surface area (Å²) in [6, 6.07) is 15.8. The summed E-state index contributed by atoms with van der Waals surface area (Å²) in [6.07, 6.45) is 0.265. The number of halogens is 1. The van der Waals surface area contributed by atoms with E-state index < -0.39 is 16.8 Å². The number of benzene rings is 2. The molecular weight excluding hydrogens is 448 g/mol. The van der Waals surface area contributed by atoms with E-state index in [0.717, 1.165) is 44.0 Å². The molecule has 6 nitrogen and oxygen atoms in total. The van der Waals surface area contributed by atoms with Gasteiger partial charge in [0.1, 0.15) is 23.2 Å². The average molecular weight is 477 g/mol. The number of hydrogen-bond donors (Lipinski definition) is 1. The van der Waals surface area contributed by atoms with E-state index >= 15 is 0 Å². The summed E-state index contributed by atoms with van der Waals surface area (Å²) in [5.74, 6) is 0.196. The van der Waals surface area contributed by atoms with Crippen molar-refractivity contribution in [2.75, 3.05) is 51.3 Å². The second kappa shape index (κ2) is 10.3. The van der Waals surface area contributed by atoms with E-state index in [0.29, 0.717) is 17.2 Å². The maximum absolute atomic E-state index is 12.9. The first-order valence-electron chi connectivity index (χ1n) is 10.9. The van der Waals surface area contributed by atoms with Gasteiger partial charge in [0.25, 0.3) is 0 Å². The van der Waals surface area contributed by atoms with E-state index in [4.69, 9.17) is 21.1 Å². The molecule has 1 N–H and O–H groups in total. The lowest BCUT2D eigenvalue weighted by atomic mass is 9.95. The largest absolute Gasteiger partial charge is 0.490 e. The van der Waals surface area contributed by atoms with Crippen LogP contribution in [0.3, 0.4) is 0 Å². The molecule has 0 amide bonds. The molecule has 0 aromatic heterocycles. The maximum Gasteiger partial charge on any atom is 0.325 e. The molecule has 1 fully saturated rings. The van der Waals surface area contributed by atoms with Crippen molar-refractivity contribution in [1.29, 1.82) is 0 Å². The molecule has 2 aromatic rings. The second-order valence-corrected chi connectivity index (χ2v) is 9.98. The smallest absolute Gasteiger partial charge is 0.325 e. The van der Waals surface area contributed by atoms with Gasteiger partial charge in [0.2, 0.25) is 0 Å². The normalized spacial score (nSPS) is 23.7. The van der Waals surface area contributed by atoms with Gasteiger partial charge in [0, 0.05) is 36.9 Å². The Bertz CT molecular complexity index is 923. The molecule has 0 saturated carbocycles. The summed E-state index contributed by atoms with van der Waals surface area (Å²) in [5, 5.41) is 11.5. The van der Waals surface area contributed by atoms with Gasteiger partial charge in [-0.05, 0) is 49.7 Å². The SMILES string of the molecule is COC(=O)C1(CCCN2CCN(c3ccccc3)CC2)Sc2cc(Cl)ccc2OCC1O. The molecule has 2 aliphatic rings. The minimum absolute atomic E-state index is 0.0342. The monoisotopic (exact) mass is 476 g/mol. The summed E-state index contributed by atoms with van der Waals surface area (Å²) >= 11 is 7.48. The van der Waals surface area contributed by atoms with Gasteiger partial charge in [-0.2, -0.15) is 0 Å². The highest BCUT2D eigenvalue weighted by Crippen LogP contribution is 2.47. The average Bonchev–Trinajstić information content (AvgIpc) is 2.96. The molecule has 2 atom stereocenters. The van der Waals surface area contributed by atoms with Crippen LogP contribution < -0.4 is 9.64 Å². The molecule has 2 aliphatic heterocycles. The summed E-state index contributed by atoms with van der Waals surface area (Å²) in [7, 11) is 1.37. The third-order valence-electron chi connectivity index (χ3n) is 6.18. The number of aliphatic hydroxyl groups excluding tert-OH is 1. The van der Waals surface area contributed by atoms with Crippen molar-refractivity contribution in [2.24, 2.45) is 0 Å². The zero-order chi connectivity index (χ0) is 22.6. The third kappa shape index (κ3) is 5.01. The van der Waals surface area contributed by atoms with Crippen molar-refractivity contribution in [1.82, 2.24) is 4.90 Å². The number of aliphatic hydroxyl groups is 1. The molecule has 1 saturated heterocycles. The van der Waals surface area contributed by atoms with Gasteiger partial charge in [-0.15, -0.1) is 11.8 Å². The minimum Gasteiger partial charge on any atom is -0.490 e. The Hall–Kier alpha value is -1.93. The molecule has 172 valence electrons. The number of nitrogens with zero attached hydrogens (tertiary/aromatic N) is 2. The van der Waals surface area contributed by atoms with Crippen LogP contribution in [0.2, 0.25) is 5.02 Å². The van der Waals surface area contributed by atoms with E-state index in [1.165, 1.54) is 24.6 Å². The van der Waals surface area contributed by atoms with Gasteiger partial charge in [-0.25, -0.2) is 0 Å². The van der Waals surface area contributed by atoms with Gasteiger partial charge in [-0.1, -0.05) is 29.8 Å². The zero-order valence-electron chi connectivity index (χ0n) is 18.2. The first-order valence-corrected chi connectivity index (χ1v) is 12.1. The molecule has 2 unspecified atom stereocenters. The van der Waals surface area contributed by atoms with Gasteiger partial charge < -0.3 is 19.5 Å². The molecular formula is C24H29ClN2O4S. The van der Waals surface area contributed by atoms with Crippen LogP contribution in [0.4, 0.5) is 5.69 Å². The number of esters is 1. The van der Waals surface area contributed by atoms with E-state index in [9.17, 15) is 9.90 Å². The number of fused-ring (bicyclic) bond motifs is 1. The maximum atomic E-state index is 12.9. The Kier molecular flexibility index (Phi) is 7.51. The summed E-state index contributed by atoms with van der Waals surface area (Å²) < 4.78 is 9.78. The van der Waals surface area contributed by atoms with Crippen LogP contribution in [0.1, 0.15) is 12.8 Å². The van der Waals surface area contributed by atoms with Crippen molar-refractivity contribution in [3.8, 4) is 5.75 Å². The van der Waals surface area contributed by atoms with Crippen LogP contribution in [-0.4, -0.2) is 73.3 Å². The molecule has 0 spiro atoms. The summed E-state index contributed by atoms with van der Waals surface area (Å²) in [4.78, 5) is 18.5. The molecule has 2 heterocycles.